The lowest BCUT2D eigenvalue weighted by atomic mass is 10.1. The van der Waals surface area contributed by atoms with Gasteiger partial charge in [-0.1, -0.05) is 41.9 Å². The number of pyridine rings is 1. The molecule has 0 radical (unpaired) electrons. The van der Waals surface area contributed by atoms with Crippen LogP contribution in [0.3, 0.4) is 0 Å². The SMILES string of the molecule is Cn1cc(CNC(=O)c2cc(NCc3cc(-c4cccc(N)n4)ccc3Cl)n(-c3ccccc3)n2)cn1. The van der Waals surface area contributed by atoms with Crippen LogP contribution in [0.4, 0.5) is 11.6 Å². The zero-order chi connectivity index (χ0) is 25.8. The average molecular weight is 513 g/mol. The second-order valence-corrected chi connectivity index (χ2v) is 8.88. The van der Waals surface area contributed by atoms with Gasteiger partial charge >= 0.3 is 0 Å². The number of aromatic nitrogens is 5. The van der Waals surface area contributed by atoms with Gasteiger partial charge in [-0.05, 0) is 42.0 Å². The first-order chi connectivity index (χ1) is 18.0. The van der Waals surface area contributed by atoms with Crippen LogP contribution in [0, 0.1) is 0 Å². The Morgan fingerprint density at radius 1 is 1.03 bits per heavy atom. The molecule has 0 bridgehead atoms. The van der Waals surface area contributed by atoms with Gasteiger partial charge in [-0.3, -0.25) is 9.48 Å². The van der Waals surface area contributed by atoms with Crippen molar-refractivity contribution in [3.05, 3.63) is 107 Å². The highest BCUT2D eigenvalue weighted by atomic mass is 35.5. The number of nitrogens with zero attached hydrogens (tertiary/aromatic N) is 5. The van der Waals surface area contributed by atoms with E-state index in [1.165, 1.54) is 0 Å². The van der Waals surface area contributed by atoms with Gasteiger partial charge in [0.25, 0.3) is 5.91 Å². The third-order valence-electron chi connectivity index (χ3n) is 5.73. The minimum Gasteiger partial charge on any atom is -0.384 e. The Morgan fingerprint density at radius 2 is 1.86 bits per heavy atom. The Kier molecular flexibility index (Phi) is 6.87. The van der Waals surface area contributed by atoms with E-state index in [1.54, 1.807) is 27.7 Å². The second-order valence-electron chi connectivity index (χ2n) is 8.47. The number of nitrogens with one attached hydrogen (secondary N) is 2. The van der Waals surface area contributed by atoms with Crippen LogP contribution in [0.5, 0.6) is 0 Å². The van der Waals surface area contributed by atoms with Crippen LogP contribution in [-0.2, 0) is 20.1 Å². The summed E-state index contributed by atoms with van der Waals surface area (Å²) in [4.78, 5) is 17.3. The molecule has 0 saturated heterocycles. The molecule has 3 aromatic heterocycles. The van der Waals surface area contributed by atoms with Crippen molar-refractivity contribution in [3.63, 3.8) is 0 Å². The van der Waals surface area contributed by atoms with Gasteiger partial charge < -0.3 is 16.4 Å². The highest BCUT2D eigenvalue weighted by molar-refractivity contribution is 6.31. The molecule has 5 aromatic rings. The molecule has 1 amide bonds. The predicted molar refractivity (Wildman–Crippen MR) is 144 cm³/mol. The molecule has 0 aliphatic carbocycles. The Balaban J connectivity index is 1.39. The number of rotatable bonds is 8. The molecular weight excluding hydrogens is 488 g/mol. The molecule has 4 N–H and O–H groups in total. The molecule has 0 aliphatic rings. The fourth-order valence-electron chi connectivity index (χ4n) is 3.89. The molecule has 0 atom stereocenters. The van der Waals surface area contributed by atoms with Crippen molar-refractivity contribution in [2.75, 3.05) is 11.1 Å². The average Bonchev–Trinajstić information content (AvgIpc) is 3.53. The van der Waals surface area contributed by atoms with E-state index in [0.29, 0.717) is 35.4 Å². The van der Waals surface area contributed by atoms with Gasteiger partial charge in [0.05, 0.1) is 17.6 Å². The van der Waals surface area contributed by atoms with Crippen molar-refractivity contribution in [1.82, 2.24) is 29.9 Å². The largest absolute Gasteiger partial charge is 0.384 e. The van der Waals surface area contributed by atoms with Crippen LogP contribution < -0.4 is 16.4 Å². The number of hydrogen-bond acceptors (Lipinski definition) is 6. The molecule has 0 saturated carbocycles. The molecule has 0 spiro atoms. The summed E-state index contributed by atoms with van der Waals surface area (Å²) in [6.07, 6.45) is 3.57. The number of carbonyl (C=O) groups excluding carboxylic acids is 1. The zero-order valence-corrected chi connectivity index (χ0v) is 20.9. The van der Waals surface area contributed by atoms with E-state index in [0.717, 1.165) is 28.1 Å². The lowest BCUT2D eigenvalue weighted by Crippen LogP contribution is -2.23. The lowest BCUT2D eigenvalue weighted by Gasteiger charge is -2.12. The van der Waals surface area contributed by atoms with Crippen LogP contribution in [0.15, 0.2) is 85.2 Å². The number of anilines is 2. The zero-order valence-electron chi connectivity index (χ0n) is 20.1. The fourth-order valence-corrected chi connectivity index (χ4v) is 4.07. The Bertz CT molecular complexity index is 1540. The summed E-state index contributed by atoms with van der Waals surface area (Å²) in [5.41, 5.74) is 10.4. The smallest absolute Gasteiger partial charge is 0.272 e. The number of nitrogens with two attached hydrogens (primary N) is 1. The Labute approximate surface area is 218 Å². The third-order valence-corrected chi connectivity index (χ3v) is 6.09. The quantitative estimate of drug-likeness (QED) is 0.283. The monoisotopic (exact) mass is 512 g/mol. The van der Waals surface area contributed by atoms with Crippen molar-refractivity contribution >= 4 is 29.1 Å². The maximum atomic E-state index is 12.9. The van der Waals surface area contributed by atoms with Gasteiger partial charge in [0.2, 0.25) is 0 Å². The number of halogens is 1. The van der Waals surface area contributed by atoms with Gasteiger partial charge in [-0.15, -0.1) is 0 Å². The Morgan fingerprint density at radius 3 is 2.62 bits per heavy atom. The fraction of sp³-hybridized carbons (Fsp3) is 0.111. The second kappa shape index (κ2) is 10.5. The Hall–Kier alpha value is -4.63. The molecule has 0 unspecified atom stereocenters. The minimum atomic E-state index is -0.283. The molecule has 0 aliphatic heterocycles. The summed E-state index contributed by atoms with van der Waals surface area (Å²) in [5, 5.41) is 15.6. The minimum absolute atomic E-state index is 0.283. The van der Waals surface area contributed by atoms with E-state index in [9.17, 15) is 4.79 Å². The van der Waals surface area contributed by atoms with E-state index in [1.807, 2.05) is 73.9 Å². The van der Waals surface area contributed by atoms with Gasteiger partial charge in [-0.2, -0.15) is 10.2 Å². The topological polar surface area (TPSA) is 116 Å². The molecule has 186 valence electrons. The van der Waals surface area contributed by atoms with Crippen molar-refractivity contribution < 1.29 is 4.79 Å². The van der Waals surface area contributed by atoms with E-state index in [4.69, 9.17) is 17.3 Å². The standard InChI is InChI=1S/C27H25ClN8O/c1-35-17-18(15-32-35)14-31-27(37)24-13-26(36(34-24)21-6-3-2-4-7-21)30-16-20-12-19(10-11-22(20)28)23-8-5-9-25(29)33-23/h2-13,15,17,30H,14,16H2,1H3,(H2,29,33)(H,31,37). The van der Waals surface area contributed by atoms with Gasteiger partial charge in [0, 0.05) is 48.5 Å². The van der Waals surface area contributed by atoms with Crippen molar-refractivity contribution in [2.24, 2.45) is 7.05 Å². The predicted octanol–water partition coefficient (Wildman–Crippen LogP) is 4.45. The van der Waals surface area contributed by atoms with Crippen molar-refractivity contribution in [2.45, 2.75) is 13.1 Å². The molecule has 10 heteroatoms. The maximum absolute atomic E-state index is 12.9. The number of benzene rings is 2. The van der Waals surface area contributed by atoms with Crippen LogP contribution >= 0.6 is 11.6 Å². The summed E-state index contributed by atoms with van der Waals surface area (Å²) < 4.78 is 3.40. The van der Waals surface area contributed by atoms with Gasteiger partial charge in [0.15, 0.2) is 5.69 Å². The van der Waals surface area contributed by atoms with Crippen LogP contribution in [-0.4, -0.2) is 30.5 Å². The van der Waals surface area contributed by atoms with Crippen LogP contribution in [0.25, 0.3) is 16.9 Å². The summed E-state index contributed by atoms with van der Waals surface area (Å²) in [7, 11) is 1.83. The molecular formula is C27H25ClN8O. The van der Waals surface area contributed by atoms with Gasteiger partial charge in [-0.25, -0.2) is 9.67 Å². The normalized spacial score (nSPS) is 10.9. The highest BCUT2D eigenvalue weighted by Gasteiger charge is 2.16. The number of amides is 1. The first kappa shape index (κ1) is 24.1. The highest BCUT2D eigenvalue weighted by Crippen LogP contribution is 2.26. The van der Waals surface area contributed by atoms with E-state index >= 15 is 0 Å². The summed E-state index contributed by atoms with van der Waals surface area (Å²) in [6.45, 7) is 0.762. The lowest BCUT2D eigenvalue weighted by molar-refractivity contribution is 0.0945. The van der Waals surface area contributed by atoms with Crippen molar-refractivity contribution in [1.29, 1.82) is 0 Å². The van der Waals surface area contributed by atoms with Gasteiger partial charge in [0.1, 0.15) is 11.6 Å². The number of carbonyl (C=O) groups is 1. The first-order valence-corrected chi connectivity index (χ1v) is 12.0. The van der Waals surface area contributed by atoms with E-state index in [-0.39, 0.29) is 5.91 Å². The van der Waals surface area contributed by atoms with Crippen LogP contribution in [0.2, 0.25) is 5.02 Å². The maximum Gasteiger partial charge on any atom is 0.272 e. The van der Waals surface area contributed by atoms with Crippen LogP contribution in [0.1, 0.15) is 21.6 Å². The molecule has 9 nitrogen and oxygen atoms in total. The molecule has 5 rings (SSSR count). The summed E-state index contributed by atoms with van der Waals surface area (Å²) >= 11 is 6.52. The summed E-state index contributed by atoms with van der Waals surface area (Å²) in [6, 6.07) is 22.6. The molecule has 0 fully saturated rings. The third kappa shape index (κ3) is 5.62. The molecule has 37 heavy (non-hydrogen) atoms. The summed E-state index contributed by atoms with van der Waals surface area (Å²) in [5.74, 6) is 0.823. The van der Waals surface area contributed by atoms with E-state index in [2.05, 4.69) is 25.8 Å². The molecule has 3 heterocycles. The number of aryl methyl sites for hydroxylation is 1. The number of hydrogen-bond donors (Lipinski definition) is 3. The van der Waals surface area contributed by atoms with E-state index < -0.39 is 0 Å². The first-order valence-electron chi connectivity index (χ1n) is 11.6. The number of nitrogen functional groups attached to an aromatic ring is 1. The van der Waals surface area contributed by atoms with Crippen molar-refractivity contribution in [3.8, 4) is 16.9 Å². The number of para-hydroxylation sites is 1. The molecule has 2 aromatic carbocycles.